The second-order valence-corrected chi connectivity index (χ2v) is 3.12. The topological polar surface area (TPSA) is 99.5 Å². The second kappa shape index (κ2) is 3.61. The summed E-state index contributed by atoms with van der Waals surface area (Å²) in [5.74, 6) is -0.733. The van der Waals surface area contributed by atoms with E-state index in [1.807, 2.05) is 0 Å². The Morgan fingerprint density at radius 2 is 2.25 bits per heavy atom. The van der Waals surface area contributed by atoms with Gasteiger partial charge in [-0.1, -0.05) is 0 Å². The highest BCUT2D eigenvalue weighted by Crippen LogP contribution is 2.07. The number of nitro benzene ring substituents is 1. The molecule has 1 aliphatic rings. The molecule has 0 atom stereocenters. The van der Waals surface area contributed by atoms with Gasteiger partial charge in [-0.2, -0.15) is 0 Å². The minimum absolute atomic E-state index is 0.0733. The normalized spacial score (nSPS) is 14.1. The number of nitro groups is 1. The highest BCUT2D eigenvalue weighted by Gasteiger charge is 2.13. The van der Waals surface area contributed by atoms with Crippen LogP contribution in [0.4, 0.5) is 11.4 Å². The maximum atomic E-state index is 11.4. The molecule has 7 nitrogen and oxygen atoms in total. The Morgan fingerprint density at radius 1 is 1.50 bits per heavy atom. The number of nitrogens with zero attached hydrogens (tertiary/aromatic N) is 1. The van der Waals surface area contributed by atoms with Crippen molar-refractivity contribution in [2.24, 2.45) is 0 Å². The summed E-state index contributed by atoms with van der Waals surface area (Å²) < 4.78 is 4.49. The first-order valence-corrected chi connectivity index (χ1v) is 4.39. The number of non-ortho nitro benzene ring substituents is 1. The van der Waals surface area contributed by atoms with E-state index < -0.39 is 10.9 Å². The summed E-state index contributed by atoms with van der Waals surface area (Å²) in [7, 11) is 1.18. The monoisotopic (exact) mass is 222 g/mol. The number of benzene rings is 1. The number of hydrogen-bond donors (Lipinski definition) is 2. The summed E-state index contributed by atoms with van der Waals surface area (Å²) in [6.07, 6.45) is 1.57. The van der Waals surface area contributed by atoms with Crippen molar-refractivity contribution in [1.82, 2.24) is 5.43 Å². The zero-order valence-corrected chi connectivity index (χ0v) is 8.31. The Labute approximate surface area is 89.8 Å². The molecule has 84 valence electrons. The van der Waals surface area contributed by atoms with Crippen LogP contribution in [0.2, 0.25) is 0 Å². The lowest BCUT2D eigenvalue weighted by Gasteiger charge is -2.09. The van der Waals surface area contributed by atoms with Crippen LogP contribution in [0.3, 0.4) is 0 Å². The van der Waals surface area contributed by atoms with E-state index in [0.29, 0.717) is 10.9 Å². The van der Waals surface area contributed by atoms with Crippen molar-refractivity contribution in [3.8, 4) is 0 Å². The summed E-state index contributed by atoms with van der Waals surface area (Å²) in [5, 5.41) is 22.7. The highest BCUT2D eigenvalue weighted by atomic mass is 16.6. The van der Waals surface area contributed by atoms with Gasteiger partial charge in [-0.25, -0.2) is 0 Å². The fraction of sp³-hybridized carbons (Fsp3) is 0.111. The van der Waals surface area contributed by atoms with Crippen molar-refractivity contribution in [2.75, 3.05) is 12.5 Å². The van der Waals surface area contributed by atoms with Gasteiger partial charge in [0.15, 0.2) is 0 Å². The largest absolute Gasteiger partial charge is 0.616 e. The molecule has 1 heterocycles. The predicted octanol–water partition coefficient (Wildman–Crippen LogP) is -1.66. The Kier molecular flexibility index (Phi) is 2.28. The van der Waals surface area contributed by atoms with E-state index in [1.165, 1.54) is 19.2 Å². The smallest absolute Gasteiger partial charge is 0.279 e. The van der Waals surface area contributed by atoms with Gasteiger partial charge in [0, 0.05) is 17.5 Å². The summed E-state index contributed by atoms with van der Waals surface area (Å²) in [4.78, 5) is 10.2. The van der Waals surface area contributed by atoms with E-state index in [4.69, 9.17) is 0 Å². The SMILES string of the molecule is COC([O-])=c1cc2c(cc1[N+](=O)[O-])=CNN2. The average Bonchev–Trinajstić information content (AvgIpc) is 2.73. The first-order chi connectivity index (χ1) is 7.63. The Bertz CT molecular complexity index is 567. The van der Waals surface area contributed by atoms with Gasteiger partial charge in [0.05, 0.1) is 21.8 Å². The van der Waals surface area contributed by atoms with Crippen molar-refractivity contribution in [3.63, 3.8) is 0 Å². The lowest BCUT2D eigenvalue weighted by atomic mass is 10.2. The van der Waals surface area contributed by atoms with Crippen LogP contribution in [0, 0.1) is 10.1 Å². The van der Waals surface area contributed by atoms with Crippen molar-refractivity contribution in [2.45, 2.75) is 0 Å². The zero-order valence-electron chi connectivity index (χ0n) is 8.31. The first kappa shape index (κ1) is 10.1. The summed E-state index contributed by atoms with van der Waals surface area (Å²) in [5.41, 5.74) is 5.77. The van der Waals surface area contributed by atoms with Crippen LogP contribution in [0.5, 0.6) is 0 Å². The van der Waals surface area contributed by atoms with Gasteiger partial charge in [0.1, 0.15) is 0 Å². The van der Waals surface area contributed by atoms with Crippen molar-refractivity contribution < 1.29 is 14.8 Å². The number of anilines is 1. The van der Waals surface area contributed by atoms with Crippen molar-refractivity contribution >= 4 is 23.5 Å². The quantitative estimate of drug-likeness (QED) is 0.458. The molecule has 1 aliphatic heterocycles. The molecule has 2 rings (SSSR count). The maximum Gasteiger partial charge on any atom is 0.279 e. The van der Waals surface area contributed by atoms with Crippen molar-refractivity contribution in [1.29, 1.82) is 0 Å². The molecule has 0 saturated carbocycles. The zero-order chi connectivity index (χ0) is 11.7. The molecule has 1 aromatic carbocycles. The van der Waals surface area contributed by atoms with Crippen LogP contribution in [0.25, 0.3) is 12.1 Å². The molecule has 0 aromatic heterocycles. The number of hydrazine groups is 1. The molecule has 0 aliphatic carbocycles. The summed E-state index contributed by atoms with van der Waals surface area (Å²) in [6, 6.07) is 2.70. The van der Waals surface area contributed by atoms with Gasteiger partial charge in [0.2, 0.25) is 0 Å². The third-order valence-corrected chi connectivity index (χ3v) is 2.20. The van der Waals surface area contributed by atoms with E-state index in [2.05, 4.69) is 15.6 Å². The van der Waals surface area contributed by atoms with Gasteiger partial charge < -0.3 is 20.7 Å². The molecule has 2 N–H and O–H groups in total. The minimum Gasteiger partial charge on any atom is -0.616 e. The maximum absolute atomic E-state index is 11.4. The van der Waals surface area contributed by atoms with Crippen LogP contribution >= 0.6 is 0 Å². The average molecular weight is 222 g/mol. The van der Waals surface area contributed by atoms with E-state index in [9.17, 15) is 15.2 Å². The number of hydrogen-bond acceptors (Lipinski definition) is 6. The number of ether oxygens (including phenoxy) is 1. The summed E-state index contributed by atoms with van der Waals surface area (Å²) >= 11 is 0. The number of fused-ring (bicyclic) bond motifs is 1. The van der Waals surface area contributed by atoms with Crippen LogP contribution in [-0.4, -0.2) is 12.0 Å². The lowest BCUT2D eigenvalue weighted by molar-refractivity contribution is -0.386. The molecule has 16 heavy (non-hydrogen) atoms. The van der Waals surface area contributed by atoms with E-state index >= 15 is 0 Å². The standard InChI is InChI=1S/C9H9N3O4/c1-16-9(13)6-3-7-5(4-10-11-7)2-8(6)12(14)15/h2-4,10-11,13H,1H3/p-1. The van der Waals surface area contributed by atoms with Gasteiger partial charge in [0.25, 0.3) is 5.69 Å². The third-order valence-electron chi connectivity index (χ3n) is 2.20. The van der Waals surface area contributed by atoms with Gasteiger partial charge in [-0.05, 0) is 13.2 Å². The number of nitrogens with one attached hydrogen (secondary N) is 2. The van der Waals surface area contributed by atoms with Crippen molar-refractivity contribution in [3.05, 3.63) is 32.7 Å². The molecule has 0 fully saturated rings. The Balaban J connectivity index is 2.80. The molecule has 0 saturated heterocycles. The molecule has 0 spiro atoms. The predicted molar refractivity (Wildman–Crippen MR) is 54.0 cm³/mol. The molecule has 7 heteroatoms. The fourth-order valence-corrected chi connectivity index (χ4v) is 1.45. The van der Waals surface area contributed by atoms with Gasteiger partial charge in [-0.3, -0.25) is 10.1 Å². The molecule has 0 unspecified atom stereocenters. The number of methoxy groups -OCH3 is 1. The molecule has 0 bridgehead atoms. The van der Waals surface area contributed by atoms with E-state index in [1.54, 1.807) is 6.20 Å². The summed E-state index contributed by atoms with van der Waals surface area (Å²) in [6.45, 7) is 0. The van der Waals surface area contributed by atoms with Gasteiger partial charge in [-0.15, -0.1) is 0 Å². The van der Waals surface area contributed by atoms with Gasteiger partial charge >= 0.3 is 0 Å². The molecular weight excluding hydrogens is 214 g/mol. The molecule has 0 radical (unpaired) electrons. The van der Waals surface area contributed by atoms with E-state index in [0.717, 1.165) is 0 Å². The van der Waals surface area contributed by atoms with Crippen LogP contribution in [-0.2, 0) is 4.74 Å². The van der Waals surface area contributed by atoms with Crippen LogP contribution < -0.4 is 26.4 Å². The minimum atomic E-state index is -0.733. The second-order valence-electron chi connectivity index (χ2n) is 3.12. The van der Waals surface area contributed by atoms with Crippen LogP contribution in [0.1, 0.15) is 0 Å². The van der Waals surface area contributed by atoms with Crippen LogP contribution in [0.15, 0.2) is 12.1 Å². The first-order valence-electron chi connectivity index (χ1n) is 4.39. The lowest BCUT2D eigenvalue weighted by Crippen LogP contribution is -2.23. The Hall–Kier alpha value is -2.44. The van der Waals surface area contributed by atoms with E-state index in [-0.39, 0.29) is 10.9 Å². The molecule has 1 aromatic rings. The molecule has 0 amide bonds. The Morgan fingerprint density at radius 3 is 2.88 bits per heavy atom. The third kappa shape index (κ3) is 1.48. The molecular formula is C9H8N3O4-. The highest BCUT2D eigenvalue weighted by molar-refractivity contribution is 5.59. The number of rotatable bonds is 2. The fourth-order valence-electron chi connectivity index (χ4n) is 1.45.